The third-order valence-corrected chi connectivity index (χ3v) is 5.00. The van der Waals surface area contributed by atoms with Gasteiger partial charge in [0.15, 0.2) is 5.69 Å². The van der Waals surface area contributed by atoms with Crippen LogP contribution in [0.5, 0.6) is 0 Å². The van der Waals surface area contributed by atoms with Crippen molar-refractivity contribution in [1.29, 1.82) is 0 Å². The van der Waals surface area contributed by atoms with E-state index in [9.17, 15) is 18.0 Å². The van der Waals surface area contributed by atoms with Crippen LogP contribution < -0.4 is 4.90 Å². The van der Waals surface area contributed by atoms with Gasteiger partial charge in [-0.15, -0.1) is 0 Å². The minimum atomic E-state index is -4.55. The molecule has 2 heterocycles. The highest BCUT2D eigenvalue weighted by Gasteiger charge is 2.42. The van der Waals surface area contributed by atoms with Crippen molar-refractivity contribution in [2.75, 3.05) is 25.1 Å². The van der Waals surface area contributed by atoms with Gasteiger partial charge in [0.05, 0.1) is 7.11 Å². The van der Waals surface area contributed by atoms with Crippen LogP contribution in [0.1, 0.15) is 25.0 Å². The molecule has 132 valence electrons. The predicted octanol–water partition coefficient (Wildman–Crippen LogP) is 3.17. The summed E-state index contributed by atoms with van der Waals surface area (Å²) in [5, 5.41) is -0.402. The molecule has 0 N–H and O–H groups in total. The molecule has 0 radical (unpaired) electrons. The van der Waals surface area contributed by atoms with Gasteiger partial charge in [0.1, 0.15) is 5.82 Å². The van der Waals surface area contributed by atoms with Crippen LogP contribution in [0.2, 0.25) is 5.28 Å². The van der Waals surface area contributed by atoms with Gasteiger partial charge in [0.2, 0.25) is 5.28 Å². The smallest absolute Gasteiger partial charge is 0.433 e. The number of aromatic nitrogens is 2. The molecular weight excluding hydrogens is 347 g/mol. The van der Waals surface area contributed by atoms with Crippen molar-refractivity contribution >= 4 is 23.4 Å². The van der Waals surface area contributed by atoms with Gasteiger partial charge in [-0.25, -0.2) is 9.97 Å². The topological polar surface area (TPSA) is 55.3 Å². The Bertz CT molecular complexity index is 627. The van der Waals surface area contributed by atoms with E-state index in [4.69, 9.17) is 16.3 Å². The second-order valence-corrected chi connectivity index (χ2v) is 6.76. The van der Waals surface area contributed by atoms with Gasteiger partial charge in [-0.2, -0.15) is 13.2 Å². The number of nitrogens with zero attached hydrogens (tertiary/aromatic N) is 3. The zero-order valence-corrected chi connectivity index (χ0v) is 13.8. The fraction of sp³-hybridized carbons (Fsp3) is 0.667. The summed E-state index contributed by atoms with van der Waals surface area (Å²) in [7, 11) is 1.37. The number of hydrogen-bond donors (Lipinski definition) is 0. The van der Waals surface area contributed by atoms with Crippen LogP contribution in [0.4, 0.5) is 19.0 Å². The first-order valence-corrected chi connectivity index (χ1v) is 8.07. The number of hydrogen-bond acceptors (Lipinski definition) is 5. The van der Waals surface area contributed by atoms with Crippen LogP contribution in [-0.4, -0.2) is 36.1 Å². The van der Waals surface area contributed by atoms with Gasteiger partial charge in [0, 0.05) is 25.6 Å². The Kier molecular flexibility index (Phi) is 4.59. The van der Waals surface area contributed by atoms with E-state index in [-0.39, 0.29) is 17.7 Å². The van der Waals surface area contributed by atoms with Gasteiger partial charge in [-0.05, 0) is 42.2 Å². The monoisotopic (exact) mass is 363 g/mol. The van der Waals surface area contributed by atoms with Crippen molar-refractivity contribution in [3.8, 4) is 0 Å². The Hall–Kier alpha value is -1.57. The molecule has 9 heteroatoms. The summed E-state index contributed by atoms with van der Waals surface area (Å²) in [5.74, 6) is 0.982. The van der Waals surface area contributed by atoms with E-state index in [0.29, 0.717) is 31.3 Å². The summed E-state index contributed by atoms with van der Waals surface area (Å²) < 4.78 is 43.3. The highest BCUT2D eigenvalue weighted by Crippen LogP contribution is 2.44. The third kappa shape index (κ3) is 3.58. The van der Waals surface area contributed by atoms with Crippen LogP contribution in [-0.2, 0) is 15.7 Å². The lowest BCUT2D eigenvalue weighted by molar-refractivity contribution is -0.142. The zero-order chi connectivity index (χ0) is 17.5. The zero-order valence-electron chi connectivity index (χ0n) is 13.0. The van der Waals surface area contributed by atoms with E-state index in [1.807, 2.05) is 4.90 Å². The van der Waals surface area contributed by atoms with Crippen molar-refractivity contribution in [3.05, 3.63) is 17.0 Å². The first kappa shape index (κ1) is 17.3. The Morgan fingerprint density at radius 2 is 1.96 bits per heavy atom. The van der Waals surface area contributed by atoms with Crippen molar-refractivity contribution in [3.63, 3.8) is 0 Å². The fourth-order valence-electron chi connectivity index (χ4n) is 3.81. The molecule has 2 atom stereocenters. The lowest BCUT2D eigenvalue weighted by Gasteiger charge is -2.20. The van der Waals surface area contributed by atoms with E-state index >= 15 is 0 Å². The highest BCUT2D eigenvalue weighted by atomic mass is 35.5. The third-order valence-electron chi connectivity index (χ3n) is 4.83. The number of fused-ring (bicyclic) bond motifs is 1. The predicted molar refractivity (Wildman–Crippen MR) is 80.6 cm³/mol. The molecule has 0 spiro atoms. The van der Waals surface area contributed by atoms with Gasteiger partial charge < -0.3 is 9.64 Å². The number of halogens is 4. The molecule has 2 fully saturated rings. The Morgan fingerprint density at radius 1 is 1.33 bits per heavy atom. The average Bonchev–Trinajstić information content (AvgIpc) is 3.03. The van der Waals surface area contributed by atoms with Crippen LogP contribution in [0.3, 0.4) is 0 Å². The summed E-state index contributed by atoms with van der Waals surface area (Å²) in [6, 6.07) is 0.943. The van der Waals surface area contributed by atoms with Crippen LogP contribution in [0, 0.1) is 17.8 Å². The minimum Gasteiger partial charge on any atom is -0.469 e. The normalized spacial score (nSPS) is 26.5. The van der Waals surface area contributed by atoms with Crippen LogP contribution in [0.25, 0.3) is 0 Å². The molecule has 2 unspecified atom stereocenters. The molecule has 24 heavy (non-hydrogen) atoms. The second-order valence-electron chi connectivity index (χ2n) is 6.42. The van der Waals surface area contributed by atoms with Crippen molar-refractivity contribution in [1.82, 2.24) is 9.97 Å². The number of anilines is 1. The fourth-order valence-corrected chi connectivity index (χ4v) is 3.99. The molecule has 1 aliphatic heterocycles. The molecule has 0 aromatic carbocycles. The van der Waals surface area contributed by atoms with E-state index < -0.39 is 17.2 Å². The number of ether oxygens (including phenoxy) is 1. The summed E-state index contributed by atoms with van der Waals surface area (Å²) in [4.78, 5) is 20.4. The summed E-state index contributed by atoms with van der Waals surface area (Å²) in [5.41, 5.74) is -1.03. The molecule has 1 saturated carbocycles. The van der Waals surface area contributed by atoms with E-state index in [1.165, 1.54) is 7.11 Å². The molecule has 1 aromatic rings. The lowest BCUT2D eigenvalue weighted by atomic mass is 10.0. The number of alkyl halides is 3. The first-order chi connectivity index (χ1) is 11.3. The SMILES string of the molecule is COC(=O)CC1CC2CN(c3cc(C(F)(F)F)nc(Cl)n3)CC2C1. The van der Waals surface area contributed by atoms with Crippen molar-refractivity contribution < 1.29 is 22.7 Å². The number of carbonyl (C=O) groups is 1. The average molecular weight is 364 g/mol. The summed E-state index contributed by atoms with van der Waals surface area (Å²) in [6.45, 7) is 1.24. The highest BCUT2D eigenvalue weighted by molar-refractivity contribution is 6.28. The second kappa shape index (κ2) is 6.38. The quantitative estimate of drug-likeness (QED) is 0.610. The number of carbonyl (C=O) groups excluding carboxylic acids is 1. The Morgan fingerprint density at radius 3 is 2.50 bits per heavy atom. The minimum absolute atomic E-state index is 0.209. The Labute approximate surface area is 142 Å². The molecule has 2 aliphatic rings. The van der Waals surface area contributed by atoms with Crippen molar-refractivity contribution in [2.45, 2.75) is 25.4 Å². The molecular formula is C15H17ClF3N3O2. The van der Waals surface area contributed by atoms with Gasteiger partial charge >= 0.3 is 12.1 Å². The van der Waals surface area contributed by atoms with E-state index in [0.717, 1.165) is 18.9 Å². The lowest BCUT2D eigenvalue weighted by Crippen LogP contribution is -2.24. The van der Waals surface area contributed by atoms with E-state index in [2.05, 4.69) is 9.97 Å². The maximum Gasteiger partial charge on any atom is 0.433 e. The maximum atomic E-state index is 12.9. The van der Waals surface area contributed by atoms with E-state index in [1.54, 1.807) is 0 Å². The largest absolute Gasteiger partial charge is 0.469 e. The van der Waals surface area contributed by atoms with Gasteiger partial charge in [-0.3, -0.25) is 4.79 Å². The molecule has 1 aliphatic carbocycles. The summed E-state index contributed by atoms with van der Waals surface area (Å²) in [6.07, 6.45) is -2.40. The van der Waals surface area contributed by atoms with Crippen LogP contribution in [0.15, 0.2) is 6.07 Å². The first-order valence-electron chi connectivity index (χ1n) is 7.69. The molecule has 3 rings (SSSR count). The molecule has 1 aromatic heterocycles. The molecule has 5 nitrogen and oxygen atoms in total. The number of esters is 1. The molecule has 0 bridgehead atoms. The number of methoxy groups -OCH3 is 1. The van der Waals surface area contributed by atoms with Crippen molar-refractivity contribution in [2.24, 2.45) is 17.8 Å². The molecule has 0 amide bonds. The standard InChI is InChI=1S/C15H17ClF3N3O2/c1-24-13(23)4-8-2-9-6-22(7-10(9)3-8)12-5-11(15(17,18)19)20-14(16)21-12/h5,8-10H,2-4,6-7H2,1H3. The van der Waals surface area contributed by atoms with Crippen LogP contribution >= 0.6 is 11.6 Å². The summed E-state index contributed by atoms with van der Waals surface area (Å²) >= 11 is 5.65. The Balaban J connectivity index is 1.68. The van der Waals surface area contributed by atoms with Gasteiger partial charge in [0.25, 0.3) is 0 Å². The maximum absolute atomic E-state index is 12.9. The molecule has 1 saturated heterocycles. The number of rotatable bonds is 3. The van der Waals surface area contributed by atoms with Gasteiger partial charge in [-0.1, -0.05) is 0 Å².